The SMILES string of the molecule is O=C(NCCCc1ccccc1)c1cc(-c2ccc3c(c2)OCO3)nc2ccccc12. The molecule has 5 rings (SSSR count). The Morgan fingerprint density at radius 1 is 0.903 bits per heavy atom. The van der Waals surface area contributed by atoms with Gasteiger partial charge < -0.3 is 14.8 Å². The first-order valence-corrected chi connectivity index (χ1v) is 10.4. The largest absolute Gasteiger partial charge is 0.454 e. The van der Waals surface area contributed by atoms with Gasteiger partial charge >= 0.3 is 0 Å². The molecule has 0 fully saturated rings. The summed E-state index contributed by atoms with van der Waals surface area (Å²) < 4.78 is 10.9. The Kier molecular flexibility index (Phi) is 5.23. The Labute approximate surface area is 180 Å². The number of benzene rings is 3. The van der Waals surface area contributed by atoms with Gasteiger partial charge in [0.15, 0.2) is 11.5 Å². The minimum Gasteiger partial charge on any atom is -0.454 e. The van der Waals surface area contributed by atoms with Crippen LogP contribution < -0.4 is 14.8 Å². The molecule has 5 heteroatoms. The molecule has 1 N–H and O–H groups in total. The van der Waals surface area contributed by atoms with Gasteiger partial charge in [0.1, 0.15) is 0 Å². The smallest absolute Gasteiger partial charge is 0.252 e. The second kappa shape index (κ2) is 8.48. The highest BCUT2D eigenvalue weighted by molar-refractivity contribution is 6.07. The number of amides is 1. The van der Waals surface area contributed by atoms with Gasteiger partial charge in [0.2, 0.25) is 6.79 Å². The van der Waals surface area contributed by atoms with Crippen molar-refractivity contribution in [2.75, 3.05) is 13.3 Å². The number of hydrogen-bond donors (Lipinski definition) is 1. The summed E-state index contributed by atoms with van der Waals surface area (Å²) in [6, 6.07) is 25.6. The number of ether oxygens (including phenoxy) is 2. The van der Waals surface area contributed by atoms with Crippen LogP contribution in [0.3, 0.4) is 0 Å². The predicted octanol–water partition coefficient (Wildman–Crippen LogP) is 4.99. The average molecular weight is 410 g/mol. The van der Waals surface area contributed by atoms with Crippen LogP contribution in [0.4, 0.5) is 0 Å². The fourth-order valence-corrected chi connectivity index (χ4v) is 3.80. The van der Waals surface area contributed by atoms with Crippen LogP contribution in [0, 0.1) is 0 Å². The summed E-state index contributed by atoms with van der Waals surface area (Å²) in [6.07, 6.45) is 1.81. The van der Waals surface area contributed by atoms with Crippen molar-refractivity contribution in [3.05, 3.63) is 90.0 Å². The maximum Gasteiger partial charge on any atom is 0.252 e. The lowest BCUT2D eigenvalue weighted by Gasteiger charge is -2.11. The molecule has 31 heavy (non-hydrogen) atoms. The molecule has 5 nitrogen and oxygen atoms in total. The fourth-order valence-electron chi connectivity index (χ4n) is 3.80. The minimum absolute atomic E-state index is 0.0892. The van der Waals surface area contributed by atoms with Gasteiger partial charge in [-0.3, -0.25) is 4.79 Å². The van der Waals surface area contributed by atoms with Gasteiger partial charge in [-0.25, -0.2) is 4.98 Å². The molecule has 154 valence electrons. The number of hydrogen-bond acceptors (Lipinski definition) is 4. The molecule has 0 saturated heterocycles. The van der Waals surface area contributed by atoms with Crippen molar-refractivity contribution in [3.63, 3.8) is 0 Å². The van der Waals surface area contributed by atoms with Gasteiger partial charge in [-0.2, -0.15) is 0 Å². The van der Waals surface area contributed by atoms with Crippen LogP contribution in [-0.4, -0.2) is 24.2 Å². The van der Waals surface area contributed by atoms with E-state index in [1.807, 2.05) is 66.7 Å². The van der Waals surface area contributed by atoms with E-state index in [0.717, 1.165) is 40.8 Å². The summed E-state index contributed by atoms with van der Waals surface area (Å²) >= 11 is 0. The molecule has 0 aliphatic carbocycles. The molecule has 1 aromatic heterocycles. The maximum atomic E-state index is 13.1. The molecule has 1 amide bonds. The zero-order valence-corrected chi connectivity index (χ0v) is 17.0. The lowest BCUT2D eigenvalue weighted by molar-refractivity contribution is 0.0955. The van der Waals surface area contributed by atoms with Crippen LogP contribution in [0.25, 0.3) is 22.2 Å². The number of carbonyl (C=O) groups is 1. The number of pyridine rings is 1. The van der Waals surface area contributed by atoms with Gasteiger partial charge in [0.05, 0.1) is 16.8 Å². The molecule has 0 spiro atoms. The molecule has 1 aliphatic rings. The van der Waals surface area contributed by atoms with Gasteiger partial charge in [0, 0.05) is 17.5 Å². The van der Waals surface area contributed by atoms with Crippen LogP contribution in [0.2, 0.25) is 0 Å². The first-order valence-electron chi connectivity index (χ1n) is 10.4. The summed E-state index contributed by atoms with van der Waals surface area (Å²) in [4.78, 5) is 17.8. The topological polar surface area (TPSA) is 60.5 Å². The van der Waals surface area contributed by atoms with Crippen molar-refractivity contribution in [2.45, 2.75) is 12.8 Å². The van der Waals surface area contributed by atoms with Gasteiger partial charge in [-0.05, 0) is 48.7 Å². The molecular weight excluding hydrogens is 388 g/mol. The van der Waals surface area contributed by atoms with Gasteiger partial charge in [-0.1, -0.05) is 48.5 Å². The van der Waals surface area contributed by atoms with Crippen LogP contribution in [0.15, 0.2) is 78.9 Å². The lowest BCUT2D eigenvalue weighted by atomic mass is 10.0. The van der Waals surface area contributed by atoms with E-state index < -0.39 is 0 Å². The van der Waals surface area contributed by atoms with Gasteiger partial charge in [0.25, 0.3) is 5.91 Å². The van der Waals surface area contributed by atoms with Crippen molar-refractivity contribution >= 4 is 16.8 Å². The number of nitrogens with zero attached hydrogens (tertiary/aromatic N) is 1. The normalized spacial score (nSPS) is 12.1. The molecule has 0 radical (unpaired) electrons. The monoisotopic (exact) mass is 410 g/mol. The van der Waals surface area contributed by atoms with E-state index in [1.165, 1.54) is 5.56 Å². The van der Waals surface area contributed by atoms with Crippen LogP contribution >= 0.6 is 0 Å². The molecule has 0 atom stereocenters. The van der Waals surface area contributed by atoms with Gasteiger partial charge in [-0.15, -0.1) is 0 Å². The fraction of sp³-hybridized carbons (Fsp3) is 0.154. The van der Waals surface area contributed by atoms with E-state index in [0.29, 0.717) is 17.9 Å². The molecular formula is C26H22N2O3. The van der Waals surface area contributed by atoms with E-state index in [2.05, 4.69) is 17.4 Å². The number of aromatic nitrogens is 1. The number of rotatable bonds is 6. The summed E-state index contributed by atoms with van der Waals surface area (Å²) in [5.41, 5.74) is 4.29. The van der Waals surface area contributed by atoms with E-state index in [9.17, 15) is 4.79 Å². The number of nitrogens with one attached hydrogen (secondary N) is 1. The molecule has 0 bridgehead atoms. The summed E-state index contributed by atoms with van der Waals surface area (Å²) in [5.74, 6) is 1.33. The van der Waals surface area contributed by atoms with E-state index in [-0.39, 0.29) is 12.7 Å². The molecule has 3 aromatic carbocycles. The summed E-state index contributed by atoms with van der Waals surface area (Å²) in [5, 5.41) is 3.91. The third-order valence-electron chi connectivity index (χ3n) is 5.40. The van der Waals surface area contributed by atoms with Crippen LogP contribution in [-0.2, 0) is 6.42 Å². The molecule has 2 heterocycles. The van der Waals surface area contributed by atoms with Crippen LogP contribution in [0.5, 0.6) is 11.5 Å². The zero-order chi connectivity index (χ0) is 21.0. The first-order chi connectivity index (χ1) is 15.3. The highest BCUT2D eigenvalue weighted by atomic mass is 16.7. The van der Waals surface area contributed by atoms with Crippen molar-refractivity contribution in [1.82, 2.24) is 10.3 Å². The quantitative estimate of drug-likeness (QED) is 0.455. The van der Waals surface area contributed by atoms with E-state index in [4.69, 9.17) is 14.5 Å². The van der Waals surface area contributed by atoms with Crippen molar-refractivity contribution in [3.8, 4) is 22.8 Å². The predicted molar refractivity (Wildman–Crippen MR) is 120 cm³/mol. The molecule has 0 unspecified atom stereocenters. The number of carbonyl (C=O) groups excluding carboxylic acids is 1. The molecule has 1 aliphatic heterocycles. The maximum absolute atomic E-state index is 13.1. The van der Waals surface area contributed by atoms with Crippen molar-refractivity contribution in [1.29, 1.82) is 0 Å². The van der Waals surface area contributed by atoms with Crippen molar-refractivity contribution in [2.24, 2.45) is 0 Å². The lowest BCUT2D eigenvalue weighted by Crippen LogP contribution is -2.25. The van der Waals surface area contributed by atoms with E-state index >= 15 is 0 Å². The van der Waals surface area contributed by atoms with Crippen LogP contribution in [0.1, 0.15) is 22.3 Å². The highest BCUT2D eigenvalue weighted by Gasteiger charge is 2.17. The molecule has 0 saturated carbocycles. The Bertz CT molecular complexity index is 1240. The Morgan fingerprint density at radius 3 is 2.61 bits per heavy atom. The number of fused-ring (bicyclic) bond motifs is 2. The second-order valence-electron chi connectivity index (χ2n) is 7.49. The molecule has 4 aromatic rings. The highest BCUT2D eigenvalue weighted by Crippen LogP contribution is 2.36. The number of para-hydroxylation sites is 1. The summed E-state index contributed by atoms with van der Waals surface area (Å²) in [6.45, 7) is 0.838. The summed E-state index contributed by atoms with van der Waals surface area (Å²) in [7, 11) is 0. The average Bonchev–Trinajstić information content (AvgIpc) is 3.29. The third-order valence-corrected chi connectivity index (χ3v) is 5.40. The first kappa shape index (κ1) is 19.1. The van der Waals surface area contributed by atoms with Crippen molar-refractivity contribution < 1.29 is 14.3 Å². The third kappa shape index (κ3) is 4.08. The second-order valence-corrected chi connectivity index (χ2v) is 7.49. The minimum atomic E-state index is -0.0892. The van der Waals surface area contributed by atoms with E-state index in [1.54, 1.807) is 0 Å². The number of aryl methyl sites for hydroxylation is 1. The zero-order valence-electron chi connectivity index (χ0n) is 17.0. The standard InChI is InChI=1S/C26H22N2O3/c29-26(27-14-6-9-18-7-2-1-3-8-18)21-16-23(28-22-11-5-4-10-20(21)22)19-12-13-24-25(15-19)31-17-30-24/h1-5,7-8,10-13,15-16H,6,9,14,17H2,(H,27,29). The Balaban J connectivity index is 1.39. The Hall–Kier alpha value is -3.86. The Morgan fingerprint density at radius 2 is 1.71 bits per heavy atom.